The monoisotopic (exact) mass is 255 g/mol. The molecule has 1 spiro atoms. The minimum absolute atomic E-state index is 0.343. The van der Waals surface area contributed by atoms with Gasteiger partial charge in [0.2, 0.25) is 0 Å². The van der Waals surface area contributed by atoms with Gasteiger partial charge in [0.05, 0.1) is 25.7 Å². The average molecular weight is 255 g/mol. The third-order valence-electron chi connectivity index (χ3n) is 3.86. The van der Waals surface area contributed by atoms with Crippen molar-refractivity contribution < 1.29 is 9.47 Å². The Morgan fingerprint density at radius 2 is 1.89 bits per heavy atom. The van der Waals surface area contributed by atoms with Crippen molar-refractivity contribution in [3.63, 3.8) is 0 Å². The van der Waals surface area contributed by atoms with Crippen molar-refractivity contribution in [2.75, 3.05) is 13.2 Å². The Labute approximate surface area is 113 Å². The van der Waals surface area contributed by atoms with Crippen LogP contribution in [-0.2, 0) is 15.9 Å². The fourth-order valence-corrected chi connectivity index (χ4v) is 2.76. The Hall–Kier alpha value is -1.63. The molecule has 1 heterocycles. The lowest BCUT2D eigenvalue weighted by molar-refractivity contribution is -0.159. The maximum atomic E-state index is 8.67. The molecule has 0 bridgehead atoms. The molecule has 0 amide bonds. The molecule has 19 heavy (non-hydrogen) atoms. The van der Waals surface area contributed by atoms with Crippen LogP contribution >= 0.6 is 0 Å². The zero-order chi connectivity index (χ0) is 13.1. The van der Waals surface area contributed by atoms with E-state index < -0.39 is 0 Å². The third kappa shape index (κ3) is 2.56. The molecule has 0 atom stereocenters. The maximum Gasteiger partial charge on any atom is 0.172 e. The second-order valence-corrected chi connectivity index (χ2v) is 5.07. The van der Waals surface area contributed by atoms with Crippen LogP contribution in [0.1, 0.15) is 30.4 Å². The topological polar surface area (TPSA) is 42.2 Å². The minimum atomic E-state index is -0.343. The van der Waals surface area contributed by atoms with E-state index in [4.69, 9.17) is 14.7 Å². The molecule has 1 aromatic carbocycles. The zero-order valence-corrected chi connectivity index (χ0v) is 10.9. The lowest BCUT2D eigenvalue weighted by atomic mass is 9.89. The zero-order valence-electron chi connectivity index (χ0n) is 10.9. The molecule has 0 aromatic heterocycles. The summed E-state index contributed by atoms with van der Waals surface area (Å²) in [6.45, 7) is 1.43. The first-order valence-electron chi connectivity index (χ1n) is 6.75. The Bertz CT molecular complexity index is 519. The number of benzene rings is 1. The van der Waals surface area contributed by atoms with Crippen LogP contribution in [0, 0.1) is 11.3 Å². The fourth-order valence-electron chi connectivity index (χ4n) is 2.76. The highest BCUT2D eigenvalue weighted by Gasteiger charge is 2.37. The van der Waals surface area contributed by atoms with Crippen molar-refractivity contribution in [3.8, 4) is 6.07 Å². The van der Waals surface area contributed by atoms with Crippen molar-refractivity contribution in [3.05, 3.63) is 41.5 Å². The molecule has 2 aliphatic rings. The lowest BCUT2D eigenvalue weighted by Crippen LogP contribution is -2.31. The lowest BCUT2D eigenvalue weighted by Gasteiger charge is -2.30. The van der Waals surface area contributed by atoms with E-state index in [1.807, 2.05) is 12.1 Å². The molecule has 1 fully saturated rings. The highest BCUT2D eigenvalue weighted by atomic mass is 16.7. The number of nitriles is 1. The molecular weight excluding hydrogens is 238 g/mol. The van der Waals surface area contributed by atoms with Crippen LogP contribution in [0.3, 0.4) is 0 Å². The summed E-state index contributed by atoms with van der Waals surface area (Å²) in [5.74, 6) is -0.343. The first-order valence-corrected chi connectivity index (χ1v) is 6.75. The van der Waals surface area contributed by atoms with Gasteiger partial charge in [-0.2, -0.15) is 5.26 Å². The summed E-state index contributed by atoms with van der Waals surface area (Å²) >= 11 is 0. The molecule has 0 radical (unpaired) electrons. The van der Waals surface area contributed by atoms with Crippen molar-refractivity contribution in [2.24, 2.45) is 0 Å². The van der Waals surface area contributed by atoms with Crippen molar-refractivity contribution in [1.29, 1.82) is 5.26 Å². The van der Waals surface area contributed by atoms with Gasteiger partial charge in [0, 0.05) is 12.8 Å². The van der Waals surface area contributed by atoms with Gasteiger partial charge < -0.3 is 9.47 Å². The first-order chi connectivity index (χ1) is 9.31. The summed E-state index contributed by atoms with van der Waals surface area (Å²) < 4.78 is 11.4. The molecule has 1 aromatic rings. The van der Waals surface area contributed by atoms with E-state index in [0.717, 1.165) is 24.8 Å². The summed E-state index contributed by atoms with van der Waals surface area (Å²) in [5.41, 5.74) is 3.67. The standard InChI is InChI=1S/C16H17NO2/c17-10-7-13-1-3-14(4-2-13)15-5-8-16(9-6-15)18-11-12-19-16/h1-5H,6-9,11-12H2. The van der Waals surface area contributed by atoms with Crippen LogP contribution in [-0.4, -0.2) is 19.0 Å². The second-order valence-electron chi connectivity index (χ2n) is 5.07. The van der Waals surface area contributed by atoms with E-state index in [1.54, 1.807) is 0 Å². The second kappa shape index (κ2) is 5.16. The van der Waals surface area contributed by atoms with Crippen molar-refractivity contribution in [2.45, 2.75) is 31.5 Å². The number of ether oxygens (including phenoxy) is 2. The van der Waals surface area contributed by atoms with Gasteiger partial charge in [0.25, 0.3) is 0 Å². The van der Waals surface area contributed by atoms with Crippen molar-refractivity contribution in [1.82, 2.24) is 0 Å². The molecule has 1 saturated heterocycles. The Morgan fingerprint density at radius 1 is 1.16 bits per heavy atom. The summed E-state index contributed by atoms with van der Waals surface area (Å²) in [6, 6.07) is 10.4. The number of allylic oxidation sites excluding steroid dienone is 1. The van der Waals surface area contributed by atoms with Gasteiger partial charge in [-0.15, -0.1) is 0 Å². The summed E-state index contributed by atoms with van der Waals surface area (Å²) in [5, 5.41) is 8.67. The van der Waals surface area contributed by atoms with Crippen LogP contribution in [0.2, 0.25) is 0 Å². The smallest absolute Gasteiger partial charge is 0.172 e. The van der Waals surface area contributed by atoms with Gasteiger partial charge in [0.15, 0.2) is 5.79 Å². The Kier molecular flexibility index (Phi) is 3.37. The third-order valence-corrected chi connectivity index (χ3v) is 3.86. The maximum absolute atomic E-state index is 8.67. The molecule has 3 heteroatoms. The number of hydrogen-bond acceptors (Lipinski definition) is 3. The van der Waals surface area contributed by atoms with Crippen LogP contribution < -0.4 is 0 Å². The van der Waals surface area contributed by atoms with Crippen LogP contribution in [0.4, 0.5) is 0 Å². The fraction of sp³-hybridized carbons (Fsp3) is 0.438. The minimum Gasteiger partial charge on any atom is -0.347 e. The Balaban J connectivity index is 1.73. The van der Waals surface area contributed by atoms with Gasteiger partial charge in [0.1, 0.15) is 0 Å². The van der Waals surface area contributed by atoms with Crippen LogP contribution in [0.15, 0.2) is 30.3 Å². The number of hydrogen-bond donors (Lipinski definition) is 0. The van der Waals surface area contributed by atoms with E-state index in [2.05, 4.69) is 24.3 Å². The predicted octanol–water partition coefficient (Wildman–Crippen LogP) is 3.06. The summed E-state index contributed by atoms with van der Waals surface area (Å²) in [6.07, 6.45) is 5.46. The van der Waals surface area contributed by atoms with Gasteiger partial charge in [-0.3, -0.25) is 0 Å². The molecule has 98 valence electrons. The SMILES string of the molecule is N#CCc1ccc(C2=CCC3(CC2)OCCO3)cc1. The largest absolute Gasteiger partial charge is 0.347 e. The molecule has 3 rings (SSSR count). The molecule has 3 nitrogen and oxygen atoms in total. The van der Waals surface area contributed by atoms with Crippen LogP contribution in [0.25, 0.3) is 5.57 Å². The highest BCUT2D eigenvalue weighted by molar-refractivity contribution is 5.66. The van der Waals surface area contributed by atoms with E-state index in [-0.39, 0.29) is 5.79 Å². The molecule has 1 aliphatic heterocycles. The molecule has 0 saturated carbocycles. The molecule has 0 N–H and O–H groups in total. The van der Waals surface area contributed by atoms with E-state index in [9.17, 15) is 0 Å². The van der Waals surface area contributed by atoms with Gasteiger partial charge >= 0.3 is 0 Å². The molecule has 1 aliphatic carbocycles. The van der Waals surface area contributed by atoms with Gasteiger partial charge in [-0.05, 0) is 23.1 Å². The van der Waals surface area contributed by atoms with E-state index in [1.165, 1.54) is 11.1 Å². The quantitative estimate of drug-likeness (QED) is 0.815. The van der Waals surface area contributed by atoms with E-state index >= 15 is 0 Å². The van der Waals surface area contributed by atoms with E-state index in [0.29, 0.717) is 19.6 Å². The van der Waals surface area contributed by atoms with Gasteiger partial charge in [-0.1, -0.05) is 30.3 Å². The molecule has 0 unspecified atom stereocenters. The normalized spacial score (nSPS) is 21.1. The summed E-state index contributed by atoms with van der Waals surface area (Å²) in [4.78, 5) is 0. The molecular formula is C16H17NO2. The number of nitrogens with zero attached hydrogens (tertiary/aromatic N) is 1. The van der Waals surface area contributed by atoms with Crippen LogP contribution in [0.5, 0.6) is 0 Å². The first kappa shape index (κ1) is 12.4. The average Bonchev–Trinajstić information content (AvgIpc) is 2.90. The van der Waals surface area contributed by atoms with Crippen molar-refractivity contribution >= 4 is 5.57 Å². The predicted molar refractivity (Wildman–Crippen MR) is 72.2 cm³/mol. The highest BCUT2D eigenvalue weighted by Crippen LogP contribution is 2.38. The Morgan fingerprint density at radius 3 is 2.47 bits per heavy atom. The number of rotatable bonds is 2. The van der Waals surface area contributed by atoms with Gasteiger partial charge in [-0.25, -0.2) is 0 Å². The summed E-state index contributed by atoms with van der Waals surface area (Å²) in [7, 11) is 0.